The molecule has 0 saturated carbocycles. The van der Waals surface area contributed by atoms with E-state index in [9.17, 15) is 14.3 Å². The second kappa shape index (κ2) is 7.35. The molecule has 0 atom stereocenters. The lowest BCUT2D eigenvalue weighted by Crippen LogP contribution is -2.22. The largest absolute Gasteiger partial charge is 0.550 e. The molecule has 0 aliphatic carbocycles. The molecule has 4 rings (SSSR count). The molecular formula is C22H17FN3O3-. The fourth-order valence-corrected chi connectivity index (χ4v) is 3.23. The van der Waals surface area contributed by atoms with Crippen molar-refractivity contribution in [1.82, 2.24) is 14.8 Å². The van der Waals surface area contributed by atoms with Gasteiger partial charge in [0.1, 0.15) is 11.3 Å². The zero-order chi connectivity index (χ0) is 20.5. The van der Waals surface area contributed by atoms with Crippen LogP contribution in [-0.4, -0.2) is 20.7 Å². The number of fused-ring (bicyclic) bond motifs is 1. The van der Waals surface area contributed by atoms with Gasteiger partial charge in [-0.15, -0.1) is 0 Å². The lowest BCUT2D eigenvalue weighted by molar-refractivity contribution is -0.304. The van der Waals surface area contributed by atoms with E-state index in [0.29, 0.717) is 28.1 Å². The number of hydrogen-bond acceptors (Lipinski definition) is 5. The van der Waals surface area contributed by atoms with Crippen LogP contribution in [0.3, 0.4) is 0 Å². The van der Waals surface area contributed by atoms with Crippen molar-refractivity contribution < 1.29 is 18.7 Å². The molecule has 0 fully saturated rings. The molecule has 2 heterocycles. The van der Waals surface area contributed by atoms with Crippen LogP contribution in [0.5, 0.6) is 0 Å². The van der Waals surface area contributed by atoms with Crippen molar-refractivity contribution in [3.05, 3.63) is 77.2 Å². The molecule has 0 spiro atoms. The van der Waals surface area contributed by atoms with Gasteiger partial charge in [-0.05, 0) is 56.3 Å². The molecule has 0 bridgehead atoms. The van der Waals surface area contributed by atoms with Gasteiger partial charge in [-0.3, -0.25) is 0 Å². The van der Waals surface area contributed by atoms with E-state index in [-0.39, 0.29) is 18.1 Å². The van der Waals surface area contributed by atoms with Gasteiger partial charge in [0.2, 0.25) is 5.89 Å². The number of carbonyl (C=O) groups excluding carboxylic acids is 1. The number of carbonyl (C=O) groups is 1. The lowest BCUT2D eigenvalue weighted by atomic mass is 10.1. The molecule has 146 valence electrons. The Hall–Kier alpha value is -3.74. The maximum atomic E-state index is 13.2. The first-order valence-electron chi connectivity index (χ1n) is 9.01. The minimum atomic E-state index is -1.24. The Morgan fingerprint density at radius 1 is 1.17 bits per heavy atom. The maximum absolute atomic E-state index is 13.2. The monoisotopic (exact) mass is 390 g/mol. The number of para-hydroxylation sites is 2. The molecule has 29 heavy (non-hydrogen) atoms. The van der Waals surface area contributed by atoms with Crippen LogP contribution in [0.1, 0.15) is 29.3 Å². The third-order valence-corrected chi connectivity index (χ3v) is 4.64. The van der Waals surface area contributed by atoms with Crippen LogP contribution in [0.4, 0.5) is 4.39 Å². The number of aliphatic carboxylic acids is 1. The number of oxazole rings is 1. The Bertz CT molecular complexity index is 1200. The van der Waals surface area contributed by atoms with E-state index < -0.39 is 5.97 Å². The van der Waals surface area contributed by atoms with Crippen molar-refractivity contribution in [2.24, 2.45) is 0 Å². The Labute approximate surface area is 165 Å². The molecule has 0 aliphatic heterocycles. The summed E-state index contributed by atoms with van der Waals surface area (Å²) in [5.74, 6) is -1.34. The molecule has 6 nitrogen and oxygen atoms in total. The minimum absolute atomic E-state index is 0.226. The van der Waals surface area contributed by atoms with Crippen LogP contribution >= 0.6 is 0 Å². The van der Waals surface area contributed by atoms with Crippen molar-refractivity contribution in [3.63, 3.8) is 0 Å². The third kappa shape index (κ3) is 3.67. The molecule has 0 radical (unpaired) electrons. The normalized spacial score (nSPS) is 11.9. The molecule has 0 aliphatic rings. The molecule has 0 saturated heterocycles. The van der Waals surface area contributed by atoms with Gasteiger partial charge >= 0.3 is 0 Å². The molecular weight excluding hydrogens is 373 g/mol. The van der Waals surface area contributed by atoms with Crippen molar-refractivity contribution in [2.75, 3.05) is 0 Å². The molecule has 0 amide bonds. The van der Waals surface area contributed by atoms with Crippen molar-refractivity contribution in [1.29, 1.82) is 0 Å². The molecule has 0 N–H and O–H groups in total. The van der Waals surface area contributed by atoms with Crippen LogP contribution < -0.4 is 5.11 Å². The van der Waals surface area contributed by atoms with Gasteiger partial charge < -0.3 is 14.3 Å². The van der Waals surface area contributed by atoms with Gasteiger partial charge in [-0.2, -0.15) is 5.10 Å². The molecule has 7 heteroatoms. The van der Waals surface area contributed by atoms with Gasteiger partial charge in [0.15, 0.2) is 5.58 Å². The van der Waals surface area contributed by atoms with Crippen LogP contribution in [0, 0.1) is 19.7 Å². The summed E-state index contributed by atoms with van der Waals surface area (Å²) in [5.41, 5.74) is 4.51. The van der Waals surface area contributed by atoms with Crippen LogP contribution in [0.15, 0.2) is 52.9 Å². The zero-order valence-corrected chi connectivity index (χ0v) is 15.8. The van der Waals surface area contributed by atoms with E-state index in [0.717, 1.165) is 11.3 Å². The Morgan fingerprint density at radius 3 is 2.59 bits per heavy atom. The summed E-state index contributed by atoms with van der Waals surface area (Å²) in [6.07, 6.45) is 1.35. The number of aromatic nitrogens is 3. The smallest absolute Gasteiger partial charge is 0.223 e. The number of rotatable bonds is 5. The predicted octanol–water partition coefficient (Wildman–Crippen LogP) is 3.45. The SMILES string of the molecule is Cc1nn(-c2ccc(F)cc2)c(C)c1/C=C(\CC(=O)[O-])c1nc2ccccc2o1. The van der Waals surface area contributed by atoms with E-state index in [2.05, 4.69) is 10.1 Å². The number of halogens is 1. The third-order valence-electron chi connectivity index (χ3n) is 4.64. The van der Waals surface area contributed by atoms with Gasteiger partial charge in [0.25, 0.3) is 0 Å². The summed E-state index contributed by atoms with van der Waals surface area (Å²) >= 11 is 0. The summed E-state index contributed by atoms with van der Waals surface area (Å²) in [6.45, 7) is 3.68. The fourth-order valence-electron chi connectivity index (χ4n) is 3.23. The second-order valence-corrected chi connectivity index (χ2v) is 6.68. The number of carboxylic acid groups (broad SMARTS) is 1. The highest BCUT2D eigenvalue weighted by Crippen LogP contribution is 2.28. The van der Waals surface area contributed by atoms with Crippen molar-refractivity contribution >= 4 is 28.7 Å². The zero-order valence-electron chi connectivity index (χ0n) is 15.8. The van der Waals surface area contributed by atoms with Gasteiger partial charge in [0, 0.05) is 29.2 Å². The number of aryl methyl sites for hydroxylation is 1. The van der Waals surface area contributed by atoms with E-state index in [1.807, 2.05) is 26.0 Å². The van der Waals surface area contributed by atoms with Crippen molar-refractivity contribution in [3.8, 4) is 5.69 Å². The summed E-state index contributed by atoms with van der Waals surface area (Å²) in [5, 5.41) is 15.9. The average molecular weight is 390 g/mol. The van der Waals surface area contributed by atoms with E-state index in [1.165, 1.54) is 12.1 Å². The number of benzene rings is 2. The highest BCUT2D eigenvalue weighted by molar-refractivity contribution is 5.90. The average Bonchev–Trinajstić information content (AvgIpc) is 3.24. The first-order valence-corrected chi connectivity index (χ1v) is 9.01. The van der Waals surface area contributed by atoms with Crippen LogP contribution in [-0.2, 0) is 4.79 Å². The quantitative estimate of drug-likeness (QED) is 0.521. The standard InChI is InChI=1S/C22H18FN3O3/c1-13-18(14(2)26(25-13)17-9-7-16(23)8-10-17)11-15(12-21(27)28)22-24-19-5-3-4-6-20(19)29-22/h3-11H,12H2,1-2H3,(H,27,28)/p-1/b15-11+. The minimum Gasteiger partial charge on any atom is -0.550 e. The molecule has 2 aromatic heterocycles. The van der Waals surface area contributed by atoms with Crippen LogP contribution in [0.2, 0.25) is 0 Å². The Morgan fingerprint density at radius 2 is 1.90 bits per heavy atom. The first-order chi connectivity index (χ1) is 13.9. The van der Waals surface area contributed by atoms with Crippen LogP contribution in [0.25, 0.3) is 28.4 Å². The summed E-state index contributed by atoms with van der Waals surface area (Å²) in [4.78, 5) is 15.7. The van der Waals surface area contributed by atoms with E-state index in [1.54, 1.807) is 35.0 Å². The number of hydrogen-bond donors (Lipinski definition) is 0. The summed E-state index contributed by atoms with van der Waals surface area (Å²) in [6, 6.07) is 13.2. The predicted molar refractivity (Wildman–Crippen MR) is 105 cm³/mol. The highest BCUT2D eigenvalue weighted by Gasteiger charge is 2.16. The van der Waals surface area contributed by atoms with Gasteiger partial charge in [0.05, 0.1) is 11.4 Å². The summed E-state index contributed by atoms with van der Waals surface area (Å²) in [7, 11) is 0. The van der Waals surface area contributed by atoms with Crippen molar-refractivity contribution in [2.45, 2.75) is 20.3 Å². The molecule has 4 aromatic rings. The number of nitrogens with zero attached hydrogens (tertiary/aromatic N) is 3. The Balaban J connectivity index is 1.82. The Kier molecular flexibility index (Phi) is 4.72. The highest BCUT2D eigenvalue weighted by atomic mass is 19.1. The topological polar surface area (TPSA) is 84.0 Å². The van der Waals surface area contributed by atoms with E-state index in [4.69, 9.17) is 4.42 Å². The first kappa shape index (κ1) is 18.6. The lowest BCUT2D eigenvalue weighted by Gasteiger charge is -2.06. The second-order valence-electron chi connectivity index (χ2n) is 6.68. The summed E-state index contributed by atoms with van der Waals surface area (Å²) < 4.78 is 20.7. The van der Waals surface area contributed by atoms with Gasteiger partial charge in [-0.25, -0.2) is 14.1 Å². The van der Waals surface area contributed by atoms with E-state index >= 15 is 0 Å². The van der Waals surface area contributed by atoms with Gasteiger partial charge in [-0.1, -0.05) is 12.1 Å². The molecule has 0 unspecified atom stereocenters. The maximum Gasteiger partial charge on any atom is 0.223 e. The fraction of sp³-hybridized carbons (Fsp3) is 0.136. The molecule has 2 aromatic carbocycles. The number of carboxylic acids is 1.